The summed E-state index contributed by atoms with van der Waals surface area (Å²) >= 11 is 5.60. The monoisotopic (exact) mass is 243 g/mol. The first-order valence-corrected chi connectivity index (χ1v) is 5.15. The van der Waals surface area contributed by atoms with Gasteiger partial charge in [-0.1, -0.05) is 0 Å². The maximum atomic E-state index is 11.6. The zero-order valence-corrected chi connectivity index (χ0v) is 9.05. The van der Waals surface area contributed by atoms with E-state index in [1.165, 1.54) is 4.90 Å². The average Bonchev–Trinajstić information content (AvgIpc) is 2.63. The third kappa shape index (κ3) is 1.81. The molecule has 1 aliphatic heterocycles. The molecule has 1 fully saturated rings. The van der Waals surface area contributed by atoms with Crippen molar-refractivity contribution < 1.29 is 15.0 Å². The molecule has 1 atom stereocenters. The molecular formula is C9H10ClN3O3. The summed E-state index contributed by atoms with van der Waals surface area (Å²) in [6.07, 6.45) is 1.99. The van der Waals surface area contributed by atoms with Crippen molar-refractivity contribution in [3.63, 3.8) is 0 Å². The highest BCUT2D eigenvalue weighted by atomic mass is 35.5. The molecule has 0 spiro atoms. The fourth-order valence-electron chi connectivity index (χ4n) is 1.73. The topological polar surface area (TPSA) is 86.5 Å². The third-order valence-electron chi connectivity index (χ3n) is 2.48. The van der Waals surface area contributed by atoms with Gasteiger partial charge in [-0.25, -0.2) is 4.98 Å². The molecule has 0 aromatic carbocycles. The van der Waals surface area contributed by atoms with Crippen LogP contribution in [0, 0.1) is 0 Å². The molecule has 1 aliphatic rings. The Morgan fingerprint density at radius 2 is 2.38 bits per heavy atom. The highest BCUT2D eigenvalue weighted by molar-refractivity contribution is 6.28. The summed E-state index contributed by atoms with van der Waals surface area (Å²) in [6.45, 7) is -0.174. The van der Waals surface area contributed by atoms with Gasteiger partial charge >= 0.3 is 0 Å². The molecule has 2 heterocycles. The van der Waals surface area contributed by atoms with E-state index in [0.29, 0.717) is 12.8 Å². The van der Waals surface area contributed by atoms with E-state index in [2.05, 4.69) is 9.97 Å². The van der Waals surface area contributed by atoms with E-state index < -0.39 is 0 Å². The summed E-state index contributed by atoms with van der Waals surface area (Å²) in [5, 5.41) is 18.6. The lowest BCUT2D eigenvalue weighted by molar-refractivity contribution is -0.117. The fourth-order valence-corrected chi connectivity index (χ4v) is 1.86. The van der Waals surface area contributed by atoms with E-state index in [1.807, 2.05) is 0 Å². The van der Waals surface area contributed by atoms with Gasteiger partial charge in [-0.2, -0.15) is 4.98 Å². The number of hydrogen-bond acceptors (Lipinski definition) is 5. The van der Waals surface area contributed by atoms with Crippen LogP contribution in [0.25, 0.3) is 0 Å². The first-order chi connectivity index (χ1) is 7.63. The molecule has 2 N–H and O–H groups in total. The molecule has 0 aliphatic carbocycles. The predicted octanol–water partition coefficient (Wildman–Crippen LogP) is 0.323. The van der Waals surface area contributed by atoms with Gasteiger partial charge in [-0.3, -0.25) is 9.69 Å². The second-order valence-corrected chi connectivity index (χ2v) is 3.82. The molecule has 7 heteroatoms. The van der Waals surface area contributed by atoms with Crippen LogP contribution in [-0.2, 0) is 4.79 Å². The highest BCUT2D eigenvalue weighted by Gasteiger charge is 2.34. The first kappa shape index (κ1) is 11.1. The second kappa shape index (κ2) is 4.23. The summed E-state index contributed by atoms with van der Waals surface area (Å²) in [5.74, 6) is -0.358. The van der Waals surface area contributed by atoms with Crippen LogP contribution >= 0.6 is 11.6 Å². The largest absolute Gasteiger partial charge is 0.503 e. The lowest BCUT2D eigenvalue weighted by atomic mass is 10.2. The van der Waals surface area contributed by atoms with Crippen molar-refractivity contribution in [2.45, 2.75) is 18.9 Å². The maximum absolute atomic E-state index is 11.6. The maximum Gasteiger partial charge on any atom is 0.228 e. The molecule has 86 valence electrons. The molecule has 1 amide bonds. The van der Waals surface area contributed by atoms with E-state index in [0.717, 1.165) is 6.20 Å². The number of rotatable bonds is 2. The van der Waals surface area contributed by atoms with Crippen molar-refractivity contribution in [1.82, 2.24) is 9.97 Å². The summed E-state index contributed by atoms with van der Waals surface area (Å²) in [7, 11) is 0. The number of halogens is 1. The van der Waals surface area contributed by atoms with Gasteiger partial charge in [0.25, 0.3) is 0 Å². The fraction of sp³-hybridized carbons (Fsp3) is 0.444. The van der Waals surface area contributed by atoms with E-state index in [4.69, 9.17) is 16.7 Å². The Morgan fingerprint density at radius 1 is 1.62 bits per heavy atom. The molecule has 16 heavy (non-hydrogen) atoms. The van der Waals surface area contributed by atoms with Crippen LogP contribution in [0.15, 0.2) is 6.20 Å². The van der Waals surface area contributed by atoms with Crippen molar-refractivity contribution in [3.8, 4) is 5.75 Å². The predicted molar refractivity (Wildman–Crippen MR) is 56.3 cm³/mol. The smallest absolute Gasteiger partial charge is 0.228 e. The number of nitrogens with zero attached hydrogens (tertiary/aromatic N) is 3. The Labute approximate surface area is 96.5 Å². The number of anilines is 1. The number of aromatic nitrogens is 2. The minimum Gasteiger partial charge on any atom is -0.503 e. The van der Waals surface area contributed by atoms with Crippen LogP contribution in [0.3, 0.4) is 0 Å². The Morgan fingerprint density at radius 3 is 3.06 bits per heavy atom. The van der Waals surface area contributed by atoms with Crippen molar-refractivity contribution in [2.75, 3.05) is 11.5 Å². The number of aromatic hydroxyl groups is 1. The summed E-state index contributed by atoms with van der Waals surface area (Å²) in [6, 6.07) is -0.357. The van der Waals surface area contributed by atoms with Crippen molar-refractivity contribution in [1.29, 1.82) is 0 Å². The number of carbonyl (C=O) groups excluding carboxylic acids is 1. The minimum absolute atomic E-state index is 0.0517. The summed E-state index contributed by atoms with van der Waals surface area (Å²) in [4.78, 5) is 20.3. The zero-order chi connectivity index (χ0) is 11.7. The van der Waals surface area contributed by atoms with E-state index in [9.17, 15) is 9.90 Å². The Balaban J connectivity index is 2.41. The molecule has 0 bridgehead atoms. The average molecular weight is 244 g/mol. The Bertz CT molecular complexity index is 426. The number of aliphatic hydroxyl groups excluding tert-OH is 1. The van der Waals surface area contributed by atoms with Crippen molar-refractivity contribution in [3.05, 3.63) is 11.5 Å². The number of carbonyl (C=O) groups is 1. The first-order valence-electron chi connectivity index (χ1n) is 4.78. The van der Waals surface area contributed by atoms with Gasteiger partial charge in [0.15, 0.2) is 11.6 Å². The number of hydrogen-bond donors (Lipinski definition) is 2. The molecule has 1 aromatic heterocycles. The quantitative estimate of drug-likeness (QED) is 0.731. The zero-order valence-electron chi connectivity index (χ0n) is 8.30. The van der Waals surface area contributed by atoms with Gasteiger partial charge in [0, 0.05) is 6.42 Å². The molecule has 0 saturated carbocycles. The van der Waals surface area contributed by atoms with Crippen molar-refractivity contribution in [2.24, 2.45) is 0 Å². The van der Waals surface area contributed by atoms with Gasteiger partial charge in [-0.05, 0) is 18.0 Å². The van der Waals surface area contributed by atoms with E-state index in [-0.39, 0.29) is 35.4 Å². The van der Waals surface area contributed by atoms with Crippen LogP contribution in [0.2, 0.25) is 5.28 Å². The van der Waals surface area contributed by atoms with Gasteiger partial charge in [-0.15, -0.1) is 0 Å². The van der Waals surface area contributed by atoms with Gasteiger partial charge in [0.2, 0.25) is 11.2 Å². The van der Waals surface area contributed by atoms with Gasteiger partial charge in [0.05, 0.1) is 18.8 Å². The molecule has 2 rings (SSSR count). The van der Waals surface area contributed by atoms with Crippen LogP contribution < -0.4 is 4.90 Å². The van der Waals surface area contributed by atoms with Crippen LogP contribution in [-0.4, -0.2) is 38.7 Å². The highest BCUT2D eigenvalue weighted by Crippen LogP contribution is 2.31. The molecule has 6 nitrogen and oxygen atoms in total. The van der Waals surface area contributed by atoms with Gasteiger partial charge in [0.1, 0.15) is 0 Å². The van der Waals surface area contributed by atoms with Crippen LogP contribution in [0.4, 0.5) is 5.82 Å². The number of aliphatic hydroxyl groups is 1. The molecule has 1 saturated heterocycles. The Kier molecular flexibility index (Phi) is 2.93. The molecule has 1 aromatic rings. The van der Waals surface area contributed by atoms with Crippen molar-refractivity contribution >= 4 is 23.3 Å². The number of amides is 1. The van der Waals surface area contributed by atoms with Gasteiger partial charge < -0.3 is 10.2 Å². The molecule has 0 radical (unpaired) electrons. The SMILES string of the molecule is O=C1CCC(CO)N1c1nc(Cl)ncc1O. The van der Waals surface area contributed by atoms with E-state index in [1.54, 1.807) is 0 Å². The third-order valence-corrected chi connectivity index (χ3v) is 2.67. The summed E-state index contributed by atoms with van der Waals surface area (Å²) < 4.78 is 0. The van der Waals surface area contributed by atoms with Crippen LogP contribution in [0.5, 0.6) is 5.75 Å². The van der Waals surface area contributed by atoms with Crippen LogP contribution in [0.1, 0.15) is 12.8 Å². The molecule has 1 unspecified atom stereocenters. The molecular weight excluding hydrogens is 234 g/mol. The lowest BCUT2D eigenvalue weighted by Gasteiger charge is -2.22. The Hall–Kier alpha value is -1.40. The normalized spacial score (nSPS) is 20.5. The second-order valence-electron chi connectivity index (χ2n) is 3.49. The standard InChI is InChI=1S/C9H10ClN3O3/c10-9-11-3-6(15)8(12-9)13-5(4-14)1-2-7(13)16/h3,5,14-15H,1-2,4H2. The minimum atomic E-state index is -0.357. The summed E-state index contributed by atoms with van der Waals surface area (Å²) in [5.41, 5.74) is 0. The van der Waals surface area contributed by atoms with E-state index >= 15 is 0 Å². The lowest BCUT2D eigenvalue weighted by Crippen LogP contribution is -2.36.